The predicted octanol–water partition coefficient (Wildman–Crippen LogP) is 1.98. The number of halogens is 6. The molecule has 0 spiro atoms. The van der Waals surface area contributed by atoms with Crippen LogP contribution in [0.15, 0.2) is 30.3 Å². The number of alkyl halides is 5. The number of benzene rings is 1. The minimum atomic E-state index is -3.35. The molecule has 1 aromatic rings. The van der Waals surface area contributed by atoms with Gasteiger partial charge in [0.1, 0.15) is 0 Å². The number of hydrogen-bond donors (Lipinski definition) is 0. The van der Waals surface area contributed by atoms with Crippen LogP contribution >= 0.6 is 52.6 Å². The normalized spacial score (nSPS) is 14.1. The fourth-order valence-corrected chi connectivity index (χ4v) is 5.47. The molecule has 0 fully saturated rings. The Bertz CT molecular complexity index is 292. The van der Waals surface area contributed by atoms with Crippen LogP contribution in [0.2, 0.25) is 0 Å². The van der Waals surface area contributed by atoms with E-state index in [0.29, 0.717) is 4.43 Å². The Morgan fingerprint density at radius 3 is 1.93 bits per heavy atom. The molecule has 0 N–H and O–H groups in total. The molecule has 0 aliphatic rings. The molecule has 1 rings (SSSR count). The molecule has 0 amide bonds. The van der Waals surface area contributed by atoms with Crippen molar-refractivity contribution in [2.24, 2.45) is 0 Å². The molecule has 0 aromatic heterocycles. The zero-order valence-electron chi connectivity index (χ0n) is 6.86. The van der Waals surface area contributed by atoms with E-state index in [1.54, 1.807) is 0 Å². The second-order valence-corrected chi connectivity index (χ2v) is 19.7. The van der Waals surface area contributed by atoms with E-state index in [1.165, 1.54) is 0 Å². The van der Waals surface area contributed by atoms with Crippen molar-refractivity contribution in [1.82, 2.24) is 0 Å². The first-order valence-corrected chi connectivity index (χ1v) is 12.8. The standard InChI is InChI=1S/C8H7Cl5I/c9-8(10,11)14(12,13)6-7-4-2-1-3-5-7/h1-5H,6H2/q-1. The van der Waals surface area contributed by atoms with Crippen LogP contribution in [0.3, 0.4) is 0 Å². The third-order valence-electron chi connectivity index (χ3n) is 1.48. The van der Waals surface area contributed by atoms with Crippen LogP contribution in [0.5, 0.6) is 0 Å². The first-order chi connectivity index (χ1) is 6.33. The van der Waals surface area contributed by atoms with Gasteiger partial charge in [0.05, 0.1) is 0 Å². The Hall–Kier alpha value is 1.40. The van der Waals surface area contributed by atoms with Gasteiger partial charge in [0, 0.05) is 0 Å². The predicted molar refractivity (Wildman–Crippen MR) is 62.1 cm³/mol. The summed E-state index contributed by atoms with van der Waals surface area (Å²) in [4.78, 5) is 0. The maximum atomic E-state index is 6.10. The van der Waals surface area contributed by atoms with E-state index in [4.69, 9.17) is 52.6 Å². The molecule has 0 nitrogen and oxygen atoms in total. The Labute approximate surface area is 110 Å². The van der Waals surface area contributed by atoms with Gasteiger partial charge in [0.2, 0.25) is 0 Å². The molecule has 0 aliphatic carbocycles. The minimum absolute atomic E-state index is 0.465. The summed E-state index contributed by atoms with van der Waals surface area (Å²) in [5, 5.41) is 0. The molecule has 1 aromatic carbocycles. The fourth-order valence-electron chi connectivity index (χ4n) is 0.837. The van der Waals surface area contributed by atoms with E-state index in [9.17, 15) is 0 Å². The zero-order valence-corrected chi connectivity index (χ0v) is 12.8. The third-order valence-corrected chi connectivity index (χ3v) is 17.2. The Kier molecular flexibility index (Phi) is 4.96. The molecule has 0 unspecified atom stereocenters. The maximum absolute atomic E-state index is 6.10. The second kappa shape index (κ2) is 5.15. The van der Waals surface area contributed by atoms with Crippen molar-refractivity contribution < 1.29 is 16.2 Å². The van der Waals surface area contributed by atoms with E-state index in [0.717, 1.165) is 5.56 Å². The van der Waals surface area contributed by atoms with Crippen LogP contribution in [0.25, 0.3) is 0 Å². The van der Waals surface area contributed by atoms with Gasteiger partial charge in [-0.1, -0.05) is 0 Å². The van der Waals surface area contributed by atoms with Gasteiger partial charge in [-0.25, -0.2) is 0 Å². The van der Waals surface area contributed by atoms with Gasteiger partial charge in [-0.2, -0.15) is 0 Å². The molecule has 0 bridgehead atoms. The van der Waals surface area contributed by atoms with Crippen molar-refractivity contribution in [3.8, 4) is 0 Å². The number of rotatable bonds is 2. The van der Waals surface area contributed by atoms with E-state index in [1.807, 2.05) is 30.3 Å². The summed E-state index contributed by atoms with van der Waals surface area (Å²) >= 11 is 13.8. The molecule has 6 heteroatoms. The van der Waals surface area contributed by atoms with Gasteiger partial charge >= 0.3 is 111 Å². The van der Waals surface area contributed by atoms with E-state index in [2.05, 4.69) is 0 Å². The quantitative estimate of drug-likeness (QED) is 0.520. The monoisotopic (exact) mass is 405 g/mol. The first kappa shape index (κ1) is 13.5. The van der Waals surface area contributed by atoms with Gasteiger partial charge in [0.15, 0.2) is 0 Å². The average Bonchev–Trinajstić information content (AvgIpc) is 2.03. The molecule has 0 saturated carbocycles. The third kappa shape index (κ3) is 3.76. The van der Waals surface area contributed by atoms with E-state index < -0.39 is 18.0 Å². The molecule has 82 valence electrons. The van der Waals surface area contributed by atoms with E-state index in [-0.39, 0.29) is 0 Å². The van der Waals surface area contributed by atoms with Crippen molar-refractivity contribution in [3.63, 3.8) is 0 Å². The molecule has 0 radical (unpaired) electrons. The van der Waals surface area contributed by atoms with Crippen molar-refractivity contribution in [2.75, 3.05) is 0 Å². The summed E-state index contributed by atoms with van der Waals surface area (Å²) in [6.07, 6.45) is 0. The van der Waals surface area contributed by atoms with Crippen molar-refractivity contribution in [2.45, 2.75) is 6.23 Å². The summed E-state index contributed by atoms with van der Waals surface area (Å²) in [5.74, 6) is 0. The molecular formula is C8H7Cl5I-. The van der Waals surface area contributed by atoms with Gasteiger partial charge < -0.3 is 0 Å². The van der Waals surface area contributed by atoms with Crippen LogP contribution in [-0.2, 0) is 4.43 Å². The number of hydrogen-bond acceptors (Lipinski definition) is 0. The summed E-state index contributed by atoms with van der Waals surface area (Å²) in [5.41, 5.74) is 1.00. The Morgan fingerprint density at radius 2 is 1.50 bits per heavy atom. The van der Waals surface area contributed by atoms with Crippen LogP contribution in [0, 0.1) is 0 Å². The summed E-state index contributed by atoms with van der Waals surface area (Å²) in [7, 11) is 12.2. The molecule has 14 heavy (non-hydrogen) atoms. The molecule has 0 heterocycles. The fraction of sp³-hybridized carbons (Fsp3) is 0.250. The summed E-state index contributed by atoms with van der Waals surface area (Å²) in [6, 6.07) is 9.55. The average molecular weight is 407 g/mol. The van der Waals surface area contributed by atoms with Gasteiger partial charge in [0.25, 0.3) is 0 Å². The van der Waals surface area contributed by atoms with Crippen LogP contribution < -0.4 is 16.2 Å². The van der Waals surface area contributed by atoms with E-state index >= 15 is 0 Å². The topological polar surface area (TPSA) is 0 Å². The first-order valence-electron chi connectivity index (χ1n) is 3.57. The molecular weight excluding hydrogens is 400 g/mol. The summed E-state index contributed by atoms with van der Waals surface area (Å²) in [6.45, 7) is 0. The molecule has 0 atom stereocenters. The Morgan fingerprint density at radius 1 is 1.00 bits per heavy atom. The zero-order chi connectivity index (χ0) is 10.8. The SMILES string of the molecule is ClC(Cl)(Cl)[I-](Cl)(Cl)Cc1ccccc1. The van der Waals surface area contributed by atoms with Crippen LogP contribution in [0.4, 0.5) is 0 Å². The van der Waals surface area contributed by atoms with Crippen molar-refractivity contribution in [3.05, 3.63) is 35.9 Å². The van der Waals surface area contributed by atoms with Gasteiger partial charge in [-0.3, -0.25) is 0 Å². The summed E-state index contributed by atoms with van der Waals surface area (Å²) < 4.78 is -1.06. The van der Waals surface area contributed by atoms with Crippen molar-refractivity contribution >= 4 is 52.6 Å². The molecule has 0 aliphatic heterocycles. The van der Waals surface area contributed by atoms with Gasteiger partial charge in [-0.05, 0) is 0 Å². The van der Waals surface area contributed by atoms with Crippen molar-refractivity contribution in [1.29, 1.82) is 0 Å². The van der Waals surface area contributed by atoms with Crippen LogP contribution in [0.1, 0.15) is 5.56 Å². The molecule has 0 saturated heterocycles. The Balaban J connectivity index is 2.79. The van der Waals surface area contributed by atoms with Crippen LogP contribution in [-0.4, -0.2) is 1.80 Å². The van der Waals surface area contributed by atoms with Gasteiger partial charge in [-0.15, -0.1) is 0 Å². The second-order valence-electron chi connectivity index (χ2n) is 2.58.